The lowest BCUT2D eigenvalue weighted by atomic mass is 10.2. The second kappa shape index (κ2) is 9.18. The predicted octanol–water partition coefficient (Wildman–Crippen LogP) is 1.04. The fourth-order valence-electron chi connectivity index (χ4n) is 3.64. The van der Waals surface area contributed by atoms with Crippen LogP contribution in [0.5, 0.6) is 11.5 Å². The van der Waals surface area contributed by atoms with Gasteiger partial charge in [0.25, 0.3) is 11.5 Å². The number of benzene rings is 1. The van der Waals surface area contributed by atoms with E-state index in [9.17, 15) is 9.59 Å². The highest BCUT2D eigenvalue weighted by molar-refractivity contribution is 6.03. The van der Waals surface area contributed by atoms with E-state index in [1.807, 2.05) is 0 Å². The van der Waals surface area contributed by atoms with Gasteiger partial charge < -0.3 is 15.2 Å². The standard InChI is InChI=1S/C21H25N7O4/c1-27-19(30)14-5-6-15(32-10-9-28-7-3-4-8-28)17(31-2)16(14)25-21(27)26-18(29)13-11-23-20(22)24-12-13/h5-6,11-12H,3-4,7-10H2,1-2H3,(H2,22,23,24)(H,25,26,29). The maximum Gasteiger partial charge on any atom is 0.262 e. The van der Waals surface area contributed by atoms with Crippen molar-refractivity contribution in [3.8, 4) is 11.5 Å². The molecule has 3 aromatic rings. The van der Waals surface area contributed by atoms with Crippen LogP contribution in [0.15, 0.2) is 29.3 Å². The number of amides is 1. The SMILES string of the molecule is COc1c(OCCN2CCCC2)ccc2c(=O)n(C)c(NC(=O)c3cnc(N)nc3)nc12. The number of carbonyl (C=O) groups excluding carboxylic acids is 1. The van der Waals surface area contributed by atoms with Crippen molar-refractivity contribution >= 4 is 28.7 Å². The van der Waals surface area contributed by atoms with Gasteiger partial charge in [-0.15, -0.1) is 0 Å². The van der Waals surface area contributed by atoms with Crippen LogP contribution in [0.3, 0.4) is 0 Å². The molecule has 0 aliphatic carbocycles. The Balaban J connectivity index is 1.63. The van der Waals surface area contributed by atoms with Gasteiger partial charge in [-0.25, -0.2) is 15.0 Å². The first-order valence-electron chi connectivity index (χ1n) is 10.3. The predicted molar refractivity (Wildman–Crippen MR) is 119 cm³/mol. The summed E-state index contributed by atoms with van der Waals surface area (Å²) in [6, 6.07) is 3.36. The number of nitrogen functional groups attached to an aromatic ring is 1. The van der Waals surface area contributed by atoms with E-state index in [0.29, 0.717) is 29.0 Å². The number of likely N-dealkylation sites (tertiary alicyclic amines) is 1. The molecule has 1 fully saturated rings. The Morgan fingerprint density at radius 2 is 1.94 bits per heavy atom. The maximum atomic E-state index is 12.9. The molecule has 1 saturated heterocycles. The summed E-state index contributed by atoms with van der Waals surface area (Å²) in [7, 11) is 3.02. The number of hydrogen-bond acceptors (Lipinski definition) is 9. The fourth-order valence-corrected chi connectivity index (χ4v) is 3.64. The van der Waals surface area contributed by atoms with E-state index in [-0.39, 0.29) is 23.0 Å². The Morgan fingerprint density at radius 1 is 1.22 bits per heavy atom. The van der Waals surface area contributed by atoms with E-state index >= 15 is 0 Å². The monoisotopic (exact) mass is 439 g/mol. The molecule has 2 aromatic heterocycles. The summed E-state index contributed by atoms with van der Waals surface area (Å²) in [4.78, 5) is 39.9. The summed E-state index contributed by atoms with van der Waals surface area (Å²) < 4.78 is 12.7. The molecule has 1 aliphatic heterocycles. The Morgan fingerprint density at radius 3 is 2.62 bits per heavy atom. The van der Waals surface area contributed by atoms with Crippen molar-refractivity contribution < 1.29 is 14.3 Å². The fraction of sp³-hybridized carbons (Fsp3) is 0.381. The van der Waals surface area contributed by atoms with Gasteiger partial charge in [-0.2, -0.15) is 0 Å². The van der Waals surface area contributed by atoms with Crippen molar-refractivity contribution in [2.24, 2.45) is 7.05 Å². The zero-order valence-corrected chi connectivity index (χ0v) is 18.0. The third kappa shape index (κ3) is 4.33. The third-order valence-corrected chi connectivity index (χ3v) is 5.39. The van der Waals surface area contributed by atoms with Gasteiger partial charge in [0.15, 0.2) is 11.5 Å². The summed E-state index contributed by atoms with van der Waals surface area (Å²) in [5.74, 6) is 0.414. The maximum absolute atomic E-state index is 12.9. The van der Waals surface area contributed by atoms with Gasteiger partial charge in [0.1, 0.15) is 12.1 Å². The first-order chi connectivity index (χ1) is 15.5. The van der Waals surface area contributed by atoms with Crippen LogP contribution in [0.1, 0.15) is 23.2 Å². The number of anilines is 2. The number of rotatable bonds is 7. The molecule has 32 heavy (non-hydrogen) atoms. The smallest absolute Gasteiger partial charge is 0.262 e. The first-order valence-corrected chi connectivity index (χ1v) is 10.3. The van der Waals surface area contributed by atoms with Crippen molar-refractivity contribution in [3.05, 3.63) is 40.4 Å². The lowest BCUT2D eigenvalue weighted by Gasteiger charge is -2.17. The van der Waals surface area contributed by atoms with Gasteiger partial charge in [-0.1, -0.05) is 0 Å². The lowest BCUT2D eigenvalue weighted by molar-refractivity contribution is 0.102. The van der Waals surface area contributed by atoms with Crippen molar-refractivity contribution in [3.63, 3.8) is 0 Å². The Labute approximate surface area is 184 Å². The van der Waals surface area contributed by atoms with Crippen LogP contribution in [0.2, 0.25) is 0 Å². The second-order valence-electron chi connectivity index (χ2n) is 7.47. The van der Waals surface area contributed by atoms with Gasteiger partial charge in [-0.3, -0.25) is 24.4 Å². The normalized spacial score (nSPS) is 13.9. The molecule has 4 rings (SSSR count). The van der Waals surface area contributed by atoms with Crippen molar-refractivity contribution in [1.82, 2.24) is 24.4 Å². The number of nitrogens with zero attached hydrogens (tertiary/aromatic N) is 5. The van der Waals surface area contributed by atoms with Crippen molar-refractivity contribution in [2.75, 3.05) is 44.4 Å². The molecule has 0 atom stereocenters. The summed E-state index contributed by atoms with van der Waals surface area (Å²) in [6.07, 6.45) is 5.01. The highest BCUT2D eigenvalue weighted by Gasteiger charge is 2.19. The number of fused-ring (bicyclic) bond motifs is 1. The van der Waals surface area contributed by atoms with Gasteiger partial charge in [-0.05, 0) is 38.1 Å². The number of hydrogen-bond donors (Lipinski definition) is 2. The summed E-state index contributed by atoms with van der Waals surface area (Å²) >= 11 is 0. The molecule has 11 nitrogen and oxygen atoms in total. The van der Waals surface area contributed by atoms with E-state index in [1.54, 1.807) is 12.1 Å². The topological polar surface area (TPSA) is 137 Å². The summed E-state index contributed by atoms with van der Waals surface area (Å²) in [6.45, 7) is 3.47. The molecule has 1 aliphatic rings. The van der Waals surface area contributed by atoms with E-state index < -0.39 is 5.91 Å². The second-order valence-corrected chi connectivity index (χ2v) is 7.47. The van der Waals surface area contributed by atoms with Crippen LogP contribution < -0.4 is 26.1 Å². The summed E-state index contributed by atoms with van der Waals surface area (Å²) in [5.41, 5.74) is 5.61. The van der Waals surface area contributed by atoms with Crippen LogP contribution >= 0.6 is 0 Å². The summed E-state index contributed by atoms with van der Waals surface area (Å²) in [5, 5.41) is 2.97. The minimum atomic E-state index is -0.524. The molecule has 3 heterocycles. The number of nitrogens with one attached hydrogen (secondary N) is 1. The van der Waals surface area contributed by atoms with Crippen LogP contribution in [0.25, 0.3) is 10.9 Å². The van der Waals surface area contributed by atoms with Crippen LogP contribution in [-0.4, -0.2) is 63.7 Å². The highest BCUT2D eigenvalue weighted by Crippen LogP contribution is 2.33. The molecule has 0 saturated carbocycles. The van der Waals surface area contributed by atoms with E-state index in [4.69, 9.17) is 15.2 Å². The average Bonchev–Trinajstić information content (AvgIpc) is 3.31. The first kappa shape index (κ1) is 21.5. The molecule has 11 heteroatoms. The van der Waals surface area contributed by atoms with Crippen LogP contribution in [-0.2, 0) is 7.05 Å². The average molecular weight is 439 g/mol. The minimum absolute atomic E-state index is 0.0526. The number of carbonyl (C=O) groups is 1. The number of nitrogens with two attached hydrogens (primary N) is 1. The zero-order valence-electron chi connectivity index (χ0n) is 18.0. The molecule has 1 amide bonds. The van der Waals surface area contributed by atoms with Gasteiger partial charge in [0, 0.05) is 26.0 Å². The molecule has 1 aromatic carbocycles. The molecular weight excluding hydrogens is 414 g/mol. The van der Waals surface area contributed by atoms with Crippen molar-refractivity contribution in [2.45, 2.75) is 12.8 Å². The number of methoxy groups -OCH3 is 1. The van der Waals surface area contributed by atoms with Crippen LogP contribution in [0, 0.1) is 0 Å². The molecule has 0 spiro atoms. The van der Waals surface area contributed by atoms with Gasteiger partial charge in [0.05, 0.1) is 18.1 Å². The van der Waals surface area contributed by atoms with E-state index in [1.165, 1.54) is 44.0 Å². The Hall–Kier alpha value is -3.73. The van der Waals surface area contributed by atoms with Gasteiger partial charge >= 0.3 is 0 Å². The molecular formula is C21H25N7O4. The highest BCUT2D eigenvalue weighted by atomic mass is 16.5. The van der Waals surface area contributed by atoms with Crippen molar-refractivity contribution in [1.29, 1.82) is 0 Å². The van der Waals surface area contributed by atoms with Crippen LogP contribution in [0.4, 0.5) is 11.9 Å². The lowest BCUT2D eigenvalue weighted by Crippen LogP contribution is -2.26. The zero-order chi connectivity index (χ0) is 22.7. The van der Waals surface area contributed by atoms with E-state index in [2.05, 4.69) is 25.2 Å². The quantitative estimate of drug-likeness (QED) is 0.553. The molecule has 3 N–H and O–H groups in total. The number of aromatic nitrogens is 4. The third-order valence-electron chi connectivity index (χ3n) is 5.39. The Bertz CT molecular complexity index is 1190. The molecule has 0 unspecified atom stereocenters. The van der Waals surface area contributed by atoms with E-state index in [0.717, 1.165) is 19.6 Å². The minimum Gasteiger partial charge on any atom is -0.491 e. The Kier molecular flexibility index (Phi) is 6.17. The largest absolute Gasteiger partial charge is 0.491 e. The van der Waals surface area contributed by atoms with Gasteiger partial charge in [0.2, 0.25) is 11.9 Å². The molecule has 168 valence electrons. The molecule has 0 radical (unpaired) electrons. The number of ether oxygens (including phenoxy) is 2. The molecule has 0 bridgehead atoms.